The van der Waals surface area contributed by atoms with Crippen molar-refractivity contribution in [2.45, 2.75) is 59.9 Å². The Morgan fingerprint density at radius 1 is 1.11 bits per heavy atom. The van der Waals surface area contributed by atoms with Crippen LogP contribution in [0.2, 0.25) is 0 Å². The molecule has 0 rings (SSSR count). The minimum atomic E-state index is -1.08. The zero-order chi connectivity index (χ0) is 21.1. The first kappa shape index (κ1) is 25.3. The molecular weight excluding hydrogens is 352 g/mol. The lowest BCUT2D eigenvalue weighted by Crippen LogP contribution is -2.43. The van der Waals surface area contributed by atoms with Gasteiger partial charge < -0.3 is 20.5 Å². The molecule has 2 atom stereocenters. The van der Waals surface area contributed by atoms with Crippen LogP contribution in [0.25, 0.3) is 0 Å². The molecule has 158 valence electrons. The monoisotopic (exact) mass is 388 g/mol. The average molecular weight is 389 g/mol. The van der Waals surface area contributed by atoms with Crippen LogP contribution >= 0.6 is 0 Å². The highest BCUT2D eigenvalue weighted by Crippen LogP contribution is 2.22. The Hall–Kier alpha value is -1.71. The van der Waals surface area contributed by atoms with Crippen molar-refractivity contribution in [1.82, 2.24) is 16.1 Å². The van der Waals surface area contributed by atoms with Crippen molar-refractivity contribution in [3.05, 3.63) is 0 Å². The Bertz CT molecular complexity index is 498. The van der Waals surface area contributed by atoms with E-state index in [1.54, 1.807) is 0 Å². The molecule has 0 saturated heterocycles. The van der Waals surface area contributed by atoms with Gasteiger partial charge in [0.05, 0.1) is 13.2 Å². The molecule has 0 aliphatic rings. The van der Waals surface area contributed by atoms with Gasteiger partial charge in [0.15, 0.2) is 0 Å². The summed E-state index contributed by atoms with van der Waals surface area (Å²) in [6.07, 6.45) is 1.00. The van der Waals surface area contributed by atoms with E-state index in [2.05, 4.69) is 16.1 Å². The van der Waals surface area contributed by atoms with Crippen LogP contribution in [0.4, 0.5) is 0 Å². The number of rotatable bonds is 14. The number of carbonyl (C=O) groups is 3. The minimum absolute atomic E-state index is 0.0702. The maximum Gasteiger partial charge on any atom is 0.322 e. The van der Waals surface area contributed by atoms with Gasteiger partial charge >= 0.3 is 5.97 Å². The molecule has 27 heavy (non-hydrogen) atoms. The van der Waals surface area contributed by atoms with Crippen LogP contribution in [0.15, 0.2) is 0 Å². The predicted octanol–water partition coefficient (Wildman–Crippen LogP) is 0.395. The molecule has 0 bridgehead atoms. The summed E-state index contributed by atoms with van der Waals surface area (Å²) < 4.78 is 5.86. The first-order valence-electron chi connectivity index (χ1n) is 9.22. The number of hydrazine groups is 1. The van der Waals surface area contributed by atoms with Crippen molar-refractivity contribution >= 4 is 17.8 Å². The van der Waals surface area contributed by atoms with E-state index in [0.29, 0.717) is 26.3 Å². The third kappa shape index (κ3) is 11.6. The zero-order valence-electron chi connectivity index (χ0n) is 17.2. The molecule has 0 aliphatic heterocycles. The minimum Gasteiger partial charge on any atom is -0.480 e. The lowest BCUT2D eigenvalue weighted by atomic mass is 9.88. The third-order valence-electron chi connectivity index (χ3n) is 4.48. The highest BCUT2D eigenvalue weighted by atomic mass is 16.5. The van der Waals surface area contributed by atoms with Gasteiger partial charge in [-0.2, -0.15) is 0 Å². The zero-order valence-corrected chi connectivity index (χ0v) is 17.2. The standard InChI is InChI=1S/C18H36N4O5/c1-6-18(5,12-27-11-17(3,4)9-20-13(2)23)10-21-15(24)8-7-14(22-19)16(25)26/h14,22H,6-12,19H2,1-5H3,(H,20,23)(H,21,24)(H,25,26). The highest BCUT2D eigenvalue weighted by Gasteiger charge is 2.26. The Morgan fingerprint density at radius 2 is 1.74 bits per heavy atom. The van der Waals surface area contributed by atoms with Gasteiger partial charge in [-0.25, -0.2) is 5.43 Å². The van der Waals surface area contributed by atoms with Crippen LogP contribution in [-0.4, -0.2) is 55.2 Å². The molecule has 6 N–H and O–H groups in total. The lowest BCUT2D eigenvalue weighted by Gasteiger charge is -2.31. The predicted molar refractivity (Wildman–Crippen MR) is 103 cm³/mol. The maximum absolute atomic E-state index is 12.0. The summed E-state index contributed by atoms with van der Waals surface area (Å²) in [4.78, 5) is 33.9. The summed E-state index contributed by atoms with van der Waals surface area (Å²) in [5.74, 6) is 3.78. The molecule has 0 fully saturated rings. The molecule has 9 heteroatoms. The van der Waals surface area contributed by atoms with Crippen LogP contribution in [0.1, 0.15) is 53.9 Å². The molecule has 0 heterocycles. The summed E-state index contributed by atoms with van der Waals surface area (Å²) in [7, 11) is 0. The fourth-order valence-corrected chi connectivity index (χ4v) is 2.22. The molecule has 0 radical (unpaired) electrons. The van der Waals surface area contributed by atoms with E-state index in [1.807, 2.05) is 27.7 Å². The third-order valence-corrected chi connectivity index (χ3v) is 4.48. The van der Waals surface area contributed by atoms with E-state index in [0.717, 1.165) is 6.42 Å². The topological polar surface area (TPSA) is 143 Å². The number of carboxylic acids is 1. The van der Waals surface area contributed by atoms with Crippen molar-refractivity contribution in [2.24, 2.45) is 16.7 Å². The second-order valence-corrected chi connectivity index (χ2v) is 8.10. The van der Waals surface area contributed by atoms with Gasteiger partial charge in [0, 0.05) is 37.3 Å². The molecule has 2 unspecified atom stereocenters. The van der Waals surface area contributed by atoms with Crippen molar-refractivity contribution in [3.63, 3.8) is 0 Å². The first-order valence-corrected chi connectivity index (χ1v) is 9.22. The highest BCUT2D eigenvalue weighted by molar-refractivity contribution is 5.78. The van der Waals surface area contributed by atoms with Gasteiger partial charge in [-0.05, 0) is 12.8 Å². The number of aliphatic carboxylic acids is 1. The number of ether oxygens (including phenoxy) is 1. The summed E-state index contributed by atoms with van der Waals surface area (Å²) in [5.41, 5.74) is 1.75. The van der Waals surface area contributed by atoms with Crippen LogP contribution in [-0.2, 0) is 19.1 Å². The van der Waals surface area contributed by atoms with E-state index >= 15 is 0 Å². The summed E-state index contributed by atoms with van der Waals surface area (Å²) in [5, 5.41) is 14.5. The molecule has 9 nitrogen and oxygen atoms in total. The van der Waals surface area contributed by atoms with E-state index in [4.69, 9.17) is 15.7 Å². The number of nitrogens with one attached hydrogen (secondary N) is 3. The van der Waals surface area contributed by atoms with E-state index in [1.165, 1.54) is 6.92 Å². The Kier molecular flexibility index (Phi) is 11.1. The molecule has 0 aliphatic carbocycles. The smallest absolute Gasteiger partial charge is 0.322 e. The van der Waals surface area contributed by atoms with E-state index < -0.39 is 12.0 Å². The number of carboxylic acid groups (broad SMARTS) is 1. The number of hydrogen-bond donors (Lipinski definition) is 5. The lowest BCUT2D eigenvalue weighted by molar-refractivity contribution is -0.139. The molecular formula is C18H36N4O5. The summed E-state index contributed by atoms with van der Waals surface area (Å²) >= 11 is 0. The van der Waals surface area contributed by atoms with Crippen LogP contribution in [0, 0.1) is 10.8 Å². The van der Waals surface area contributed by atoms with E-state index in [9.17, 15) is 14.4 Å². The maximum atomic E-state index is 12.0. The van der Waals surface area contributed by atoms with Gasteiger partial charge in [-0.15, -0.1) is 0 Å². The molecule has 0 spiro atoms. The van der Waals surface area contributed by atoms with Crippen molar-refractivity contribution in [2.75, 3.05) is 26.3 Å². The van der Waals surface area contributed by atoms with Crippen LogP contribution in [0.5, 0.6) is 0 Å². The number of hydrogen-bond acceptors (Lipinski definition) is 6. The Morgan fingerprint density at radius 3 is 2.22 bits per heavy atom. The number of nitrogens with two attached hydrogens (primary N) is 1. The quantitative estimate of drug-likeness (QED) is 0.214. The van der Waals surface area contributed by atoms with Gasteiger partial charge in [0.1, 0.15) is 6.04 Å². The Labute approximate surface area is 161 Å². The molecule has 0 aromatic rings. The fraction of sp³-hybridized carbons (Fsp3) is 0.833. The molecule has 0 saturated carbocycles. The molecule has 0 aromatic carbocycles. The fourth-order valence-electron chi connectivity index (χ4n) is 2.22. The SMILES string of the molecule is CCC(C)(CNC(=O)CCC(NN)C(=O)O)COCC(C)(C)CNC(C)=O. The van der Waals surface area contributed by atoms with Crippen LogP contribution in [0.3, 0.4) is 0 Å². The van der Waals surface area contributed by atoms with Gasteiger partial charge in [0.2, 0.25) is 11.8 Å². The number of carbonyl (C=O) groups excluding carboxylic acids is 2. The second kappa shape index (κ2) is 11.9. The average Bonchev–Trinajstić information content (AvgIpc) is 2.58. The van der Waals surface area contributed by atoms with Gasteiger partial charge in [0.25, 0.3) is 0 Å². The first-order chi connectivity index (χ1) is 12.4. The van der Waals surface area contributed by atoms with E-state index in [-0.39, 0.29) is 35.5 Å². The Balaban J connectivity index is 4.33. The van der Waals surface area contributed by atoms with Crippen molar-refractivity contribution in [3.8, 4) is 0 Å². The normalized spacial score (nSPS) is 14.9. The van der Waals surface area contributed by atoms with Gasteiger partial charge in [-0.1, -0.05) is 27.7 Å². The summed E-state index contributed by atoms with van der Waals surface area (Å²) in [6, 6.07) is -0.942. The summed E-state index contributed by atoms with van der Waals surface area (Å²) in [6.45, 7) is 11.5. The largest absolute Gasteiger partial charge is 0.480 e. The number of amides is 2. The molecule has 0 aromatic heterocycles. The van der Waals surface area contributed by atoms with Crippen molar-refractivity contribution < 1.29 is 24.2 Å². The van der Waals surface area contributed by atoms with Crippen LogP contribution < -0.4 is 21.9 Å². The molecule has 2 amide bonds. The van der Waals surface area contributed by atoms with Crippen molar-refractivity contribution in [1.29, 1.82) is 0 Å². The second-order valence-electron chi connectivity index (χ2n) is 8.10. The van der Waals surface area contributed by atoms with Gasteiger partial charge in [-0.3, -0.25) is 20.2 Å².